The third kappa shape index (κ3) is 3.35. The molecule has 1 amide bonds. The Kier molecular flexibility index (Phi) is 4.25. The average molecular weight is 359 g/mol. The number of nitrogens with zero attached hydrogens (tertiary/aromatic N) is 3. The molecular formula is C20H17N5O2. The van der Waals surface area contributed by atoms with E-state index < -0.39 is 0 Å². The van der Waals surface area contributed by atoms with E-state index in [4.69, 9.17) is 0 Å². The van der Waals surface area contributed by atoms with Crippen LogP contribution in [0.2, 0.25) is 0 Å². The number of anilines is 1. The van der Waals surface area contributed by atoms with Gasteiger partial charge in [0, 0.05) is 11.3 Å². The summed E-state index contributed by atoms with van der Waals surface area (Å²) >= 11 is 0. The van der Waals surface area contributed by atoms with Crippen LogP contribution < -0.4 is 10.9 Å². The van der Waals surface area contributed by atoms with E-state index in [9.17, 15) is 9.59 Å². The van der Waals surface area contributed by atoms with E-state index in [1.165, 1.54) is 4.52 Å². The zero-order valence-corrected chi connectivity index (χ0v) is 14.6. The number of fused-ring (bicyclic) bond motifs is 1. The highest BCUT2D eigenvalue weighted by Gasteiger charge is 2.15. The summed E-state index contributed by atoms with van der Waals surface area (Å²) < 4.78 is 1.43. The third-order valence-corrected chi connectivity index (χ3v) is 4.28. The molecule has 0 fully saturated rings. The summed E-state index contributed by atoms with van der Waals surface area (Å²) in [6.45, 7) is 1.92. The SMILES string of the molecule is Cc1ccccc1NC(=O)Cc1n[nH]c(=O)c2cc(-c3ccccc3)nn12. The number of aromatic amines is 1. The number of aromatic nitrogens is 4. The first kappa shape index (κ1) is 16.7. The summed E-state index contributed by atoms with van der Waals surface area (Å²) in [5.41, 5.74) is 3.24. The lowest BCUT2D eigenvalue weighted by Gasteiger charge is -2.08. The van der Waals surface area contributed by atoms with Crippen LogP contribution in [-0.4, -0.2) is 25.7 Å². The fraction of sp³-hybridized carbons (Fsp3) is 0.100. The van der Waals surface area contributed by atoms with Gasteiger partial charge in [-0.2, -0.15) is 10.2 Å². The fourth-order valence-electron chi connectivity index (χ4n) is 2.88. The van der Waals surface area contributed by atoms with Crippen LogP contribution in [0.15, 0.2) is 65.5 Å². The first-order valence-electron chi connectivity index (χ1n) is 8.50. The number of H-pyrrole nitrogens is 1. The van der Waals surface area contributed by atoms with Crippen LogP contribution in [0, 0.1) is 6.92 Å². The second-order valence-electron chi connectivity index (χ2n) is 6.20. The molecule has 0 aliphatic rings. The van der Waals surface area contributed by atoms with Gasteiger partial charge >= 0.3 is 0 Å². The smallest absolute Gasteiger partial charge is 0.290 e. The van der Waals surface area contributed by atoms with Gasteiger partial charge in [-0.3, -0.25) is 9.59 Å². The number of hydrogen-bond donors (Lipinski definition) is 2. The van der Waals surface area contributed by atoms with Gasteiger partial charge in [0.25, 0.3) is 5.56 Å². The highest BCUT2D eigenvalue weighted by Crippen LogP contribution is 2.18. The summed E-state index contributed by atoms with van der Waals surface area (Å²) in [5.74, 6) is 0.125. The van der Waals surface area contributed by atoms with Crippen molar-refractivity contribution >= 4 is 17.1 Å². The standard InChI is InChI=1S/C20H17N5O2/c1-13-7-5-6-10-15(13)21-19(26)12-18-22-23-20(27)17-11-16(24-25(17)18)14-8-3-2-4-9-14/h2-11H,12H2,1H3,(H,21,26)(H,23,27). The van der Waals surface area contributed by atoms with Crippen molar-refractivity contribution in [1.82, 2.24) is 19.8 Å². The largest absolute Gasteiger partial charge is 0.325 e. The van der Waals surface area contributed by atoms with Gasteiger partial charge in [-0.25, -0.2) is 9.61 Å². The highest BCUT2D eigenvalue weighted by molar-refractivity contribution is 5.92. The average Bonchev–Trinajstić information content (AvgIpc) is 3.13. The first-order chi connectivity index (χ1) is 13.1. The minimum Gasteiger partial charge on any atom is -0.325 e. The van der Waals surface area contributed by atoms with Crippen LogP contribution >= 0.6 is 0 Å². The number of carbonyl (C=O) groups excluding carboxylic acids is 1. The number of aryl methyl sites for hydroxylation is 1. The number of nitrogens with one attached hydrogen (secondary N) is 2. The molecule has 2 N–H and O–H groups in total. The van der Waals surface area contributed by atoms with E-state index in [1.54, 1.807) is 6.07 Å². The molecule has 0 atom stereocenters. The molecule has 2 aromatic carbocycles. The monoisotopic (exact) mass is 359 g/mol. The van der Waals surface area contributed by atoms with Crippen molar-refractivity contribution in [3.05, 3.63) is 82.4 Å². The molecule has 0 saturated heterocycles. The Hall–Kier alpha value is -3.74. The van der Waals surface area contributed by atoms with Crippen LogP contribution in [-0.2, 0) is 11.2 Å². The molecule has 4 rings (SSSR count). The lowest BCUT2D eigenvalue weighted by Crippen LogP contribution is -2.22. The van der Waals surface area contributed by atoms with E-state index >= 15 is 0 Å². The minimum absolute atomic E-state index is 0.0163. The second-order valence-corrected chi connectivity index (χ2v) is 6.20. The maximum Gasteiger partial charge on any atom is 0.290 e. The number of hydrogen-bond acceptors (Lipinski definition) is 4. The third-order valence-electron chi connectivity index (χ3n) is 4.28. The fourth-order valence-corrected chi connectivity index (χ4v) is 2.88. The molecule has 2 heterocycles. The summed E-state index contributed by atoms with van der Waals surface area (Å²) in [6, 6.07) is 18.8. The molecule has 2 aromatic heterocycles. The number of amides is 1. The summed E-state index contributed by atoms with van der Waals surface area (Å²) in [7, 11) is 0. The zero-order valence-electron chi connectivity index (χ0n) is 14.6. The van der Waals surface area contributed by atoms with E-state index in [0.717, 1.165) is 16.8 Å². The summed E-state index contributed by atoms with van der Waals surface area (Å²) in [6.07, 6.45) is -0.0163. The van der Waals surface area contributed by atoms with Gasteiger partial charge < -0.3 is 5.32 Å². The molecule has 0 bridgehead atoms. The first-order valence-corrected chi connectivity index (χ1v) is 8.50. The molecule has 0 aliphatic carbocycles. The van der Waals surface area contributed by atoms with Crippen LogP contribution in [0.3, 0.4) is 0 Å². The second kappa shape index (κ2) is 6.87. The molecule has 4 aromatic rings. The zero-order chi connectivity index (χ0) is 18.8. The number of para-hydroxylation sites is 1. The Morgan fingerprint density at radius 2 is 1.85 bits per heavy atom. The predicted octanol–water partition coefficient (Wildman–Crippen LogP) is 2.57. The Morgan fingerprint density at radius 3 is 2.63 bits per heavy atom. The number of carbonyl (C=O) groups is 1. The number of benzene rings is 2. The van der Waals surface area contributed by atoms with Crippen molar-refractivity contribution < 1.29 is 4.79 Å². The van der Waals surface area contributed by atoms with Gasteiger partial charge in [0.2, 0.25) is 5.91 Å². The molecule has 0 saturated carbocycles. The van der Waals surface area contributed by atoms with Gasteiger partial charge in [-0.1, -0.05) is 48.5 Å². The maximum absolute atomic E-state index is 12.5. The van der Waals surface area contributed by atoms with Crippen molar-refractivity contribution in [2.45, 2.75) is 13.3 Å². The molecule has 0 aliphatic heterocycles. The van der Waals surface area contributed by atoms with Crippen LogP contribution in [0.5, 0.6) is 0 Å². The van der Waals surface area contributed by atoms with Gasteiger partial charge in [0.1, 0.15) is 5.52 Å². The molecular weight excluding hydrogens is 342 g/mol. The van der Waals surface area contributed by atoms with Crippen molar-refractivity contribution in [3.8, 4) is 11.3 Å². The number of rotatable bonds is 4. The van der Waals surface area contributed by atoms with Gasteiger partial charge in [0.05, 0.1) is 12.1 Å². The molecule has 7 heteroatoms. The predicted molar refractivity (Wildman–Crippen MR) is 103 cm³/mol. The maximum atomic E-state index is 12.5. The van der Waals surface area contributed by atoms with Crippen molar-refractivity contribution in [3.63, 3.8) is 0 Å². The van der Waals surface area contributed by atoms with E-state index in [-0.39, 0.29) is 17.9 Å². The van der Waals surface area contributed by atoms with Crippen LogP contribution in [0.1, 0.15) is 11.4 Å². The van der Waals surface area contributed by atoms with Crippen molar-refractivity contribution in [2.24, 2.45) is 0 Å². The van der Waals surface area contributed by atoms with Crippen LogP contribution in [0.25, 0.3) is 16.8 Å². The molecule has 7 nitrogen and oxygen atoms in total. The molecule has 134 valence electrons. The minimum atomic E-state index is -0.354. The van der Waals surface area contributed by atoms with Crippen LogP contribution in [0.4, 0.5) is 5.69 Å². The molecule has 0 radical (unpaired) electrons. The van der Waals surface area contributed by atoms with Gasteiger partial charge in [-0.15, -0.1) is 0 Å². The molecule has 0 spiro atoms. The van der Waals surface area contributed by atoms with Gasteiger partial charge in [-0.05, 0) is 24.6 Å². The molecule has 0 unspecified atom stereocenters. The topological polar surface area (TPSA) is 92.1 Å². The molecule has 27 heavy (non-hydrogen) atoms. The van der Waals surface area contributed by atoms with E-state index in [1.807, 2.05) is 61.5 Å². The Bertz CT molecular complexity index is 1180. The highest BCUT2D eigenvalue weighted by atomic mass is 16.1. The van der Waals surface area contributed by atoms with Crippen molar-refractivity contribution in [2.75, 3.05) is 5.32 Å². The lowest BCUT2D eigenvalue weighted by molar-refractivity contribution is -0.115. The summed E-state index contributed by atoms with van der Waals surface area (Å²) in [5, 5.41) is 13.8. The van der Waals surface area contributed by atoms with E-state index in [2.05, 4.69) is 20.6 Å². The summed E-state index contributed by atoms with van der Waals surface area (Å²) in [4.78, 5) is 24.6. The van der Waals surface area contributed by atoms with Crippen molar-refractivity contribution in [1.29, 1.82) is 0 Å². The van der Waals surface area contributed by atoms with E-state index in [0.29, 0.717) is 17.0 Å². The normalized spacial score (nSPS) is 10.9. The van der Waals surface area contributed by atoms with Gasteiger partial charge in [0.15, 0.2) is 5.82 Å². The Balaban J connectivity index is 1.67. The quantitative estimate of drug-likeness (QED) is 0.586. The Morgan fingerprint density at radius 1 is 1.11 bits per heavy atom. The lowest BCUT2D eigenvalue weighted by atomic mass is 10.1. The Labute approximate surface area is 154 Å².